The number of hydrogen-bond donors (Lipinski definition) is 1. The molecule has 0 spiro atoms. The summed E-state index contributed by atoms with van der Waals surface area (Å²) in [5, 5.41) is 14.6. The molecular weight excluding hydrogens is 414 g/mol. The van der Waals surface area contributed by atoms with Gasteiger partial charge in [-0.2, -0.15) is 0 Å². The van der Waals surface area contributed by atoms with Crippen LogP contribution in [0.2, 0.25) is 0 Å². The lowest BCUT2D eigenvalue weighted by Crippen LogP contribution is -1.98. The van der Waals surface area contributed by atoms with E-state index in [0.717, 1.165) is 39.2 Å². The number of ether oxygens (including phenoxy) is 2. The van der Waals surface area contributed by atoms with Crippen molar-refractivity contribution in [2.45, 2.75) is 13.2 Å². The summed E-state index contributed by atoms with van der Waals surface area (Å²) in [5.41, 5.74) is 4.05. The molecule has 0 atom stereocenters. The highest BCUT2D eigenvalue weighted by Gasteiger charge is 2.01. The smallest absolute Gasteiger partial charge is 0.186 e. The molecule has 0 unspecified atom stereocenters. The minimum absolute atomic E-state index is 0.299. The number of pyridine rings is 1. The van der Waals surface area contributed by atoms with Crippen molar-refractivity contribution in [2.24, 2.45) is 0 Å². The van der Waals surface area contributed by atoms with Gasteiger partial charge in [-0.1, -0.05) is 60.7 Å². The van der Waals surface area contributed by atoms with E-state index in [1.807, 2.05) is 72.8 Å². The van der Waals surface area contributed by atoms with Gasteiger partial charge in [-0.05, 0) is 58.0 Å². The number of hydrogen-bond acceptors (Lipinski definition) is 6. The van der Waals surface area contributed by atoms with Gasteiger partial charge < -0.3 is 9.47 Å². The van der Waals surface area contributed by atoms with Crippen LogP contribution in [0.3, 0.4) is 0 Å². The summed E-state index contributed by atoms with van der Waals surface area (Å²) in [7, 11) is 0. The van der Waals surface area contributed by atoms with Crippen molar-refractivity contribution >= 4 is 23.1 Å². The third kappa shape index (κ3) is 5.40. The molecule has 0 aliphatic carbocycles. The van der Waals surface area contributed by atoms with Crippen LogP contribution in [0.4, 0.5) is 0 Å². The maximum Gasteiger partial charge on any atom is 0.186 e. The Hall–Kier alpha value is -4.52. The van der Waals surface area contributed by atoms with E-state index in [9.17, 15) is 0 Å². The van der Waals surface area contributed by atoms with Crippen molar-refractivity contribution in [1.82, 2.24) is 25.6 Å². The zero-order chi connectivity index (χ0) is 22.3. The van der Waals surface area contributed by atoms with Crippen molar-refractivity contribution in [1.29, 1.82) is 0 Å². The summed E-state index contributed by atoms with van der Waals surface area (Å²) >= 11 is 0. The van der Waals surface area contributed by atoms with Crippen LogP contribution in [0.5, 0.6) is 11.5 Å². The van der Waals surface area contributed by atoms with Gasteiger partial charge in [-0.25, -0.2) is 10.1 Å². The van der Waals surface area contributed by atoms with Crippen molar-refractivity contribution in [3.05, 3.63) is 108 Å². The molecule has 2 heterocycles. The standard InChI is InChI=1S/C26H21N5O2/c1-2-4-25-21(3-1)11-12-22(27-25)17-32-23-13-7-19(8-14-23)5-6-20-9-15-24(16-10-20)33-18-26-28-30-31-29-26/h1-16H,17-18H2,(H,28,29,30,31)/b6-5+. The molecule has 0 saturated carbocycles. The largest absolute Gasteiger partial charge is 0.487 e. The molecule has 0 amide bonds. The molecule has 162 valence electrons. The second kappa shape index (κ2) is 9.74. The minimum atomic E-state index is 0.299. The lowest BCUT2D eigenvalue weighted by atomic mass is 10.1. The van der Waals surface area contributed by atoms with Crippen LogP contribution in [0, 0.1) is 0 Å². The van der Waals surface area contributed by atoms with Gasteiger partial charge in [0.15, 0.2) is 5.82 Å². The minimum Gasteiger partial charge on any atom is -0.487 e. The van der Waals surface area contributed by atoms with Gasteiger partial charge in [0.1, 0.15) is 24.7 Å². The summed E-state index contributed by atoms with van der Waals surface area (Å²) in [6, 6.07) is 28.0. The molecule has 5 aromatic rings. The Morgan fingerprint density at radius 2 is 1.36 bits per heavy atom. The van der Waals surface area contributed by atoms with E-state index in [-0.39, 0.29) is 0 Å². The molecule has 5 rings (SSSR count). The van der Waals surface area contributed by atoms with E-state index in [1.54, 1.807) is 0 Å². The summed E-state index contributed by atoms with van der Waals surface area (Å²) in [4.78, 5) is 4.65. The van der Waals surface area contributed by atoms with Crippen molar-refractivity contribution in [3.8, 4) is 11.5 Å². The molecule has 0 radical (unpaired) electrons. The summed E-state index contributed by atoms with van der Waals surface area (Å²) < 4.78 is 11.5. The van der Waals surface area contributed by atoms with Gasteiger partial charge in [-0.3, -0.25) is 0 Å². The molecule has 2 aromatic heterocycles. The molecule has 1 N–H and O–H groups in total. The Morgan fingerprint density at radius 3 is 2.03 bits per heavy atom. The van der Waals surface area contributed by atoms with Crippen LogP contribution in [-0.4, -0.2) is 25.6 Å². The lowest BCUT2D eigenvalue weighted by Gasteiger charge is -2.07. The van der Waals surface area contributed by atoms with Gasteiger partial charge >= 0.3 is 0 Å². The highest BCUT2D eigenvalue weighted by Crippen LogP contribution is 2.19. The number of tetrazole rings is 1. The maximum atomic E-state index is 5.91. The van der Waals surface area contributed by atoms with E-state index >= 15 is 0 Å². The molecule has 33 heavy (non-hydrogen) atoms. The van der Waals surface area contributed by atoms with Gasteiger partial charge in [0, 0.05) is 5.39 Å². The fraction of sp³-hybridized carbons (Fsp3) is 0.0769. The van der Waals surface area contributed by atoms with Crippen LogP contribution < -0.4 is 9.47 Å². The molecule has 0 saturated heterocycles. The average molecular weight is 435 g/mol. The Kier molecular flexibility index (Phi) is 6.02. The second-order valence-corrected chi connectivity index (χ2v) is 7.39. The van der Waals surface area contributed by atoms with Crippen LogP contribution in [0.15, 0.2) is 84.9 Å². The number of aromatic nitrogens is 5. The number of nitrogens with zero attached hydrogens (tertiary/aromatic N) is 4. The predicted octanol–water partition coefficient (Wildman–Crippen LogP) is 5.08. The average Bonchev–Trinajstić information content (AvgIpc) is 3.40. The molecule has 3 aromatic carbocycles. The third-order valence-electron chi connectivity index (χ3n) is 5.04. The van der Waals surface area contributed by atoms with Crippen molar-refractivity contribution < 1.29 is 9.47 Å². The first-order valence-electron chi connectivity index (χ1n) is 10.5. The van der Waals surface area contributed by atoms with Crippen LogP contribution in [-0.2, 0) is 13.2 Å². The number of nitrogens with one attached hydrogen (secondary N) is 1. The highest BCUT2D eigenvalue weighted by atomic mass is 16.5. The maximum absolute atomic E-state index is 5.91. The Bertz CT molecular complexity index is 1350. The Labute approximate surface area is 190 Å². The molecule has 7 heteroatoms. The normalized spacial score (nSPS) is 11.2. The van der Waals surface area contributed by atoms with Crippen molar-refractivity contribution in [3.63, 3.8) is 0 Å². The van der Waals surface area contributed by atoms with Crippen LogP contribution >= 0.6 is 0 Å². The highest BCUT2D eigenvalue weighted by molar-refractivity contribution is 5.78. The first kappa shape index (κ1) is 20.4. The molecular formula is C26H21N5O2. The summed E-state index contributed by atoms with van der Waals surface area (Å²) in [5.74, 6) is 2.15. The van der Waals surface area contributed by atoms with Crippen LogP contribution in [0.1, 0.15) is 22.6 Å². The fourth-order valence-electron chi connectivity index (χ4n) is 3.28. The number of benzene rings is 3. The van der Waals surface area contributed by atoms with E-state index < -0.39 is 0 Å². The molecule has 7 nitrogen and oxygen atoms in total. The lowest BCUT2D eigenvalue weighted by molar-refractivity contribution is 0.296. The number of rotatable bonds is 8. The Morgan fingerprint density at radius 1 is 0.697 bits per heavy atom. The topological polar surface area (TPSA) is 85.8 Å². The first-order valence-corrected chi connectivity index (χ1v) is 10.5. The molecule has 0 bridgehead atoms. The zero-order valence-corrected chi connectivity index (χ0v) is 17.8. The van der Waals surface area contributed by atoms with Gasteiger partial charge in [0.05, 0.1) is 11.2 Å². The third-order valence-corrected chi connectivity index (χ3v) is 5.04. The monoisotopic (exact) mass is 435 g/mol. The molecule has 0 aliphatic heterocycles. The SMILES string of the molecule is C(=C\c1ccc(OCc2nnn[nH]2)cc1)/c1ccc(OCc2ccc3ccccc3n2)cc1. The first-order chi connectivity index (χ1) is 16.3. The molecule has 0 aliphatic rings. The number of H-pyrrole nitrogens is 1. The predicted molar refractivity (Wildman–Crippen MR) is 126 cm³/mol. The van der Waals surface area contributed by atoms with E-state index in [2.05, 4.69) is 49.9 Å². The zero-order valence-electron chi connectivity index (χ0n) is 17.8. The number of aromatic amines is 1. The van der Waals surface area contributed by atoms with Crippen molar-refractivity contribution in [2.75, 3.05) is 0 Å². The van der Waals surface area contributed by atoms with E-state index in [4.69, 9.17) is 9.47 Å². The Balaban J connectivity index is 1.14. The van der Waals surface area contributed by atoms with Crippen LogP contribution in [0.25, 0.3) is 23.1 Å². The molecule has 0 fully saturated rings. The fourth-order valence-corrected chi connectivity index (χ4v) is 3.28. The van der Waals surface area contributed by atoms with Gasteiger partial charge in [0.25, 0.3) is 0 Å². The number of fused-ring (bicyclic) bond motifs is 1. The van der Waals surface area contributed by atoms with E-state index in [1.165, 1.54) is 0 Å². The van der Waals surface area contributed by atoms with Gasteiger partial charge in [0.2, 0.25) is 0 Å². The summed E-state index contributed by atoms with van der Waals surface area (Å²) in [6.07, 6.45) is 4.11. The van der Waals surface area contributed by atoms with Gasteiger partial charge in [-0.15, -0.1) is 5.10 Å². The summed E-state index contributed by atoms with van der Waals surface area (Å²) in [6.45, 7) is 0.731. The van der Waals surface area contributed by atoms with E-state index in [0.29, 0.717) is 19.0 Å². The quantitative estimate of drug-likeness (QED) is 0.342. The number of para-hydroxylation sites is 1. The second-order valence-electron chi connectivity index (χ2n) is 7.39.